The molecule has 0 atom stereocenters. The molecule has 1 aliphatic carbocycles. The van der Waals surface area contributed by atoms with Gasteiger partial charge < -0.3 is 14.8 Å². The van der Waals surface area contributed by atoms with Gasteiger partial charge in [0.25, 0.3) is 0 Å². The molecule has 2 aliphatic rings. The first-order chi connectivity index (χ1) is 13.8. The van der Waals surface area contributed by atoms with Gasteiger partial charge in [0.15, 0.2) is 5.13 Å². The summed E-state index contributed by atoms with van der Waals surface area (Å²) in [5, 5.41) is 4.15. The van der Waals surface area contributed by atoms with Crippen molar-refractivity contribution >= 4 is 26.7 Å². The summed E-state index contributed by atoms with van der Waals surface area (Å²) in [5.41, 5.74) is 1.64. The maximum absolute atomic E-state index is 13.8. The summed E-state index contributed by atoms with van der Waals surface area (Å²) in [5.74, 6) is 0.783. The van der Waals surface area contributed by atoms with Crippen molar-refractivity contribution in [2.75, 3.05) is 18.5 Å². The highest BCUT2D eigenvalue weighted by Crippen LogP contribution is 2.35. The minimum absolute atomic E-state index is 0.110. The molecule has 0 bridgehead atoms. The van der Waals surface area contributed by atoms with Gasteiger partial charge in [-0.05, 0) is 25.0 Å². The monoisotopic (exact) mass is 400 g/mol. The first kappa shape index (κ1) is 17.8. The number of ether oxygens (including phenoxy) is 2. The number of thiazole rings is 1. The van der Waals surface area contributed by atoms with Gasteiger partial charge in [0.1, 0.15) is 17.6 Å². The first-order valence-corrected chi connectivity index (χ1v) is 10.4. The van der Waals surface area contributed by atoms with E-state index in [1.807, 2.05) is 6.07 Å². The normalized spacial score (nSPS) is 22.8. The molecule has 1 aromatic carbocycles. The maximum Gasteiger partial charge on any atom is 0.236 e. The van der Waals surface area contributed by atoms with E-state index in [0.717, 1.165) is 49.7 Å². The van der Waals surface area contributed by atoms with Crippen molar-refractivity contribution in [1.82, 2.24) is 15.0 Å². The lowest BCUT2D eigenvalue weighted by molar-refractivity contribution is 0.0780. The van der Waals surface area contributed by atoms with E-state index >= 15 is 0 Å². The third-order valence-electron chi connectivity index (χ3n) is 5.37. The summed E-state index contributed by atoms with van der Waals surface area (Å²) < 4.78 is 26.0. The Morgan fingerprint density at radius 1 is 1.14 bits per heavy atom. The lowest BCUT2D eigenvalue weighted by Gasteiger charge is -2.36. The van der Waals surface area contributed by atoms with Crippen molar-refractivity contribution in [2.45, 2.75) is 43.7 Å². The number of fused-ring (bicyclic) bond motifs is 1. The third-order valence-corrected chi connectivity index (χ3v) is 6.38. The zero-order valence-corrected chi connectivity index (χ0v) is 16.1. The van der Waals surface area contributed by atoms with Gasteiger partial charge in [-0.1, -0.05) is 17.4 Å². The van der Waals surface area contributed by atoms with Gasteiger partial charge in [0.2, 0.25) is 5.88 Å². The predicted octanol–water partition coefficient (Wildman–Crippen LogP) is 4.14. The van der Waals surface area contributed by atoms with Gasteiger partial charge in [0, 0.05) is 50.4 Å². The molecule has 2 fully saturated rings. The molecule has 0 spiro atoms. The van der Waals surface area contributed by atoms with Crippen LogP contribution in [0.2, 0.25) is 0 Å². The number of hydrogen-bond acceptors (Lipinski definition) is 7. The molecule has 28 heavy (non-hydrogen) atoms. The molecule has 1 aliphatic heterocycles. The molecule has 2 aromatic heterocycles. The number of nitrogens with zero attached hydrogens (tertiary/aromatic N) is 3. The minimum atomic E-state index is -0.221. The fraction of sp³-hybridized carbons (Fsp3) is 0.450. The molecule has 0 amide bonds. The Morgan fingerprint density at radius 2 is 1.96 bits per heavy atom. The molecular weight excluding hydrogens is 379 g/mol. The number of halogens is 1. The maximum atomic E-state index is 13.8. The highest BCUT2D eigenvalue weighted by molar-refractivity contribution is 7.22. The van der Waals surface area contributed by atoms with Crippen LogP contribution in [0.25, 0.3) is 10.2 Å². The van der Waals surface area contributed by atoms with Crippen LogP contribution >= 0.6 is 11.3 Å². The van der Waals surface area contributed by atoms with Crippen molar-refractivity contribution in [1.29, 1.82) is 0 Å². The van der Waals surface area contributed by atoms with E-state index in [2.05, 4.69) is 20.3 Å². The van der Waals surface area contributed by atoms with Gasteiger partial charge in [-0.15, -0.1) is 0 Å². The summed E-state index contributed by atoms with van der Waals surface area (Å²) >= 11 is 1.36. The molecule has 3 heterocycles. The Kier molecular flexibility index (Phi) is 4.82. The van der Waals surface area contributed by atoms with E-state index < -0.39 is 0 Å². The second kappa shape index (κ2) is 7.60. The molecule has 1 N–H and O–H groups in total. The second-order valence-corrected chi connectivity index (χ2v) is 8.29. The fourth-order valence-electron chi connectivity index (χ4n) is 3.77. The predicted molar refractivity (Wildman–Crippen MR) is 105 cm³/mol. The lowest BCUT2D eigenvalue weighted by Crippen LogP contribution is -2.42. The highest BCUT2D eigenvalue weighted by Gasteiger charge is 2.33. The second-order valence-electron chi connectivity index (χ2n) is 7.29. The zero-order chi connectivity index (χ0) is 18.9. The third kappa shape index (κ3) is 3.54. The highest BCUT2D eigenvalue weighted by atomic mass is 32.1. The molecule has 146 valence electrons. The number of hydrogen-bond donors (Lipinski definition) is 1. The molecule has 5 rings (SSSR count). The Labute approximate surface area is 166 Å². The van der Waals surface area contributed by atoms with E-state index in [4.69, 9.17) is 9.47 Å². The topological polar surface area (TPSA) is 69.2 Å². The summed E-state index contributed by atoms with van der Waals surface area (Å²) in [4.78, 5) is 13.4. The van der Waals surface area contributed by atoms with Crippen LogP contribution < -0.4 is 10.1 Å². The van der Waals surface area contributed by atoms with Crippen LogP contribution in [0.5, 0.6) is 5.88 Å². The quantitative estimate of drug-likeness (QED) is 0.694. The Bertz CT molecular complexity index is 970. The van der Waals surface area contributed by atoms with E-state index in [1.165, 1.54) is 17.4 Å². The fourth-order valence-corrected chi connectivity index (χ4v) is 4.71. The molecule has 0 radical (unpaired) electrons. The number of nitrogens with one attached hydrogen (secondary N) is 1. The average molecular weight is 400 g/mol. The summed E-state index contributed by atoms with van der Waals surface area (Å²) in [6.07, 6.45) is 7.16. The van der Waals surface area contributed by atoms with Crippen LogP contribution in [0, 0.1) is 5.82 Å². The first-order valence-electron chi connectivity index (χ1n) is 9.63. The van der Waals surface area contributed by atoms with Crippen molar-refractivity contribution in [3.05, 3.63) is 42.1 Å². The molecule has 8 heteroatoms. The molecule has 3 aromatic rings. The zero-order valence-electron chi connectivity index (χ0n) is 15.3. The van der Waals surface area contributed by atoms with Gasteiger partial charge in [-0.3, -0.25) is 4.98 Å². The smallest absolute Gasteiger partial charge is 0.236 e. The lowest BCUT2D eigenvalue weighted by atomic mass is 9.89. The van der Waals surface area contributed by atoms with Crippen LogP contribution in [0.1, 0.15) is 37.3 Å². The minimum Gasteiger partial charge on any atom is -0.473 e. The van der Waals surface area contributed by atoms with Crippen molar-refractivity contribution < 1.29 is 13.9 Å². The van der Waals surface area contributed by atoms with E-state index in [-0.39, 0.29) is 18.0 Å². The van der Waals surface area contributed by atoms with Crippen molar-refractivity contribution in [2.24, 2.45) is 0 Å². The van der Waals surface area contributed by atoms with E-state index in [0.29, 0.717) is 22.0 Å². The molecule has 0 unspecified atom stereocenters. The number of benzene rings is 1. The van der Waals surface area contributed by atoms with Crippen molar-refractivity contribution in [3.8, 4) is 5.88 Å². The summed E-state index contributed by atoms with van der Waals surface area (Å²) in [7, 11) is 0. The van der Waals surface area contributed by atoms with Crippen LogP contribution in [0.3, 0.4) is 0 Å². The van der Waals surface area contributed by atoms with Gasteiger partial charge >= 0.3 is 0 Å². The molecule has 6 nitrogen and oxygen atoms in total. The summed E-state index contributed by atoms with van der Waals surface area (Å²) in [6.45, 7) is 1.53. The van der Waals surface area contributed by atoms with Crippen LogP contribution in [0.4, 0.5) is 9.52 Å². The average Bonchev–Trinajstić information content (AvgIpc) is 3.11. The van der Waals surface area contributed by atoms with Crippen LogP contribution in [-0.2, 0) is 4.74 Å². The van der Waals surface area contributed by atoms with E-state index in [9.17, 15) is 4.39 Å². The van der Waals surface area contributed by atoms with Gasteiger partial charge in [0.05, 0.1) is 10.2 Å². The summed E-state index contributed by atoms with van der Waals surface area (Å²) in [6, 6.07) is 5.26. The van der Waals surface area contributed by atoms with E-state index in [1.54, 1.807) is 18.5 Å². The number of rotatable bonds is 5. The van der Waals surface area contributed by atoms with Crippen LogP contribution in [0.15, 0.2) is 30.6 Å². The van der Waals surface area contributed by atoms with Gasteiger partial charge in [-0.2, -0.15) is 0 Å². The number of anilines is 1. The SMILES string of the molecule is Fc1cccc2nc(NC3CC(Oc4nccnc4C4CCOCC4)C3)sc12. The molecular formula is C20H21FN4O2S. The van der Waals surface area contributed by atoms with Crippen LogP contribution in [-0.4, -0.2) is 40.3 Å². The Morgan fingerprint density at radius 3 is 2.79 bits per heavy atom. The Balaban J connectivity index is 1.20. The van der Waals surface area contributed by atoms with Crippen molar-refractivity contribution in [3.63, 3.8) is 0 Å². The van der Waals surface area contributed by atoms with Gasteiger partial charge in [-0.25, -0.2) is 14.4 Å². The molecule has 1 saturated carbocycles. The Hall–Kier alpha value is -2.32. The molecule has 1 saturated heterocycles. The largest absolute Gasteiger partial charge is 0.473 e. The number of aromatic nitrogens is 3. The standard InChI is InChI=1S/C20H21FN4O2S/c21-15-2-1-3-16-18(15)28-20(25-16)24-13-10-14(11-13)27-19-17(22-6-7-23-19)12-4-8-26-9-5-12/h1-3,6-7,12-14H,4-5,8-11H2,(H,24,25).